The fourth-order valence-electron chi connectivity index (χ4n) is 1.21. The zero-order valence-corrected chi connectivity index (χ0v) is 20.9. The van der Waals surface area contributed by atoms with E-state index in [1.807, 2.05) is 0 Å². The monoisotopic (exact) mass is 546 g/mol. The zero-order chi connectivity index (χ0) is 20.8. The molecule has 0 saturated carbocycles. The van der Waals surface area contributed by atoms with Crippen molar-refractivity contribution in [3.63, 3.8) is 0 Å². The summed E-state index contributed by atoms with van der Waals surface area (Å²) < 4.78 is 39.9. The molecule has 0 aromatic carbocycles. The number of halogens is 2. The topological polar surface area (TPSA) is 73.8 Å². The average Bonchev–Trinajstić information content (AvgIpc) is 2.67. The summed E-state index contributed by atoms with van der Waals surface area (Å²) in [5.74, 6) is 0. The second-order valence-electron chi connectivity index (χ2n) is 4.48. The summed E-state index contributed by atoms with van der Waals surface area (Å²) in [6.07, 6.45) is 0. The fraction of sp³-hybridized carbons (Fsp3) is 1.00. The van der Waals surface area contributed by atoms with Crippen molar-refractivity contribution in [3.05, 3.63) is 0 Å². The zero-order valence-electron chi connectivity index (χ0n) is 17.2. The molecule has 0 amide bonds. The third-order valence-corrected chi connectivity index (χ3v) is 2.47. The van der Waals surface area contributed by atoms with E-state index in [0.29, 0.717) is 92.2 Å². The van der Waals surface area contributed by atoms with Crippen LogP contribution in [0, 0.1) is 20.3 Å². The van der Waals surface area contributed by atoms with Crippen LogP contribution in [0.5, 0.6) is 0 Å². The Hall–Kier alpha value is 1.27. The summed E-state index contributed by atoms with van der Waals surface area (Å²) in [5.41, 5.74) is 0. The van der Waals surface area contributed by atoms with Crippen molar-refractivity contribution in [1.82, 2.24) is 0 Å². The molecule has 12 heteroatoms. The number of methoxy groups -OCH3 is 4. The van der Waals surface area contributed by atoms with Crippen LogP contribution >= 0.6 is 0 Å². The summed E-state index contributed by atoms with van der Waals surface area (Å²) >= 11 is 0.604. The Balaban J connectivity index is -0.000000175. The Morgan fingerprint density at radius 2 is 0.571 bits per heavy atom. The van der Waals surface area contributed by atoms with E-state index in [-0.39, 0.29) is 16.8 Å². The van der Waals surface area contributed by atoms with Crippen molar-refractivity contribution < 1.29 is 87.9 Å². The van der Waals surface area contributed by atoms with Crippen LogP contribution < -0.4 is 0 Å². The molecule has 0 aliphatic heterocycles. The second-order valence-corrected chi connectivity index (χ2v) is 6.48. The van der Waals surface area contributed by atoms with E-state index in [1.54, 1.807) is 28.4 Å². The molecular weight excluding hydrogens is 509 g/mol. The summed E-state index contributed by atoms with van der Waals surface area (Å²) in [6, 6.07) is 0. The van der Waals surface area contributed by atoms with Crippen molar-refractivity contribution in [1.29, 1.82) is 0 Å². The number of hydrogen-bond acceptors (Lipinski definition) is 8. The molecule has 0 aliphatic carbocycles. The maximum Gasteiger partial charge on any atom is 0 e. The van der Waals surface area contributed by atoms with Crippen LogP contribution in [0.3, 0.4) is 0 Å². The molecule has 0 bridgehead atoms. The number of hydrogen-bond donors (Lipinski definition) is 0. The Kier molecular flexibility index (Phi) is 55.5. The van der Waals surface area contributed by atoms with Crippen LogP contribution in [0.25, 0.3) is 0 Å². The van der Waals surface area contributed by atoms with Gasteiger partial charge in [0.05, 0.1) is 79.3 Å². The largest absolute Gasteiger partial charge is 0 e. The minimum Gasteiger partial charge on any atom is 0 e. The summed E-state index contributed by atoms with van der Waals surface area (Å²) in [5, 5.41) is 0. The molecule has 0 saturated heterocycles. The predicted octanol–water partition coefficient (Wildman–Crippen LogP) is 0.0844. The van der Waals surface area contributed by atoms with Gasteiger partial charge >= 0.3 is 33.2 Å². The molecule has 1 radical (unpaired) electrons. The van der Waals surface area contributed by atoms with E-state index in [1.165, 1.54) is 0 Å². The van der Waals surface area contributed by atoms with Crippen LogP contribution in [0.4, 0.5) is 0 Å². The Bertz CT molecular complexity index is 187. The molecule has 0 heterocycles. The maximum atomic E-state index is 5.16. The molecule has 0 aliphatic rings. The van der Waals surface area contributed by atoms with Crippen LogP contribution in [-0.2, 0) is 67.6 Å². The van der Waals surface area contributed by atoms with E-state index in [0.717, 1.165) is 0 Å². The molecule has 0 unspecified atom stereocenters. The molecule has 8 nitrogen and oxygen atoms in total. The van der Waals surface area contributed by atoms with Gasteiger partial charge in [0.15, 0.2) is 0 Å². The van der Waals surface area contributed by atoms with Gasteiger partial charge in [-0.15, -0.1) is 0 Å². The van der Waals surface area contributed by atoms with Gasteiger partial charge in [0, 0.05) is 45.2 Å². The summed E-state index contributed by atoms with van der Waals surface area (Å²) in [4.78, 5) is 0. The molecular formula is C16H38Cl2Co2O8+3. The van der Waals surface area contributed by atoms with Crippen molar-refractivity contribution in [2.24, 2.45) is 0 Å². The van der Waals surface area contributed by atoms with E-state index < -0.39 is 0 Å². The standard InChI is InChI=1S/2C8H18O4.2ClH.2Co/c2*1-9-3-5-11-7-8-12-6-4-10-2;;;;/h2*3-8H2,1-2H3;2*1H;;/q;;;;;+3. The maximum absolute atomic E-state index is 5.16. The van der Waals surface area contributed by atoms with Gasteiger partial charge in [-0.05, 0) is 0 Å². The molecule has 0 aromatic rings. The molecule has 28 heavy (non-hydrogen) atoms. The number of rotatable bonds is 18. The van der Waals surface area contributed by atoms with Gasteiger partial charge in [0.25, 0.3) is 0 Å². The number of ether oxygens (including phenoxy) is 8. The Morgan fingerprint density at radius 1 is 0.429 bits per heavy atom. The van der Waals surface area contributed by atoms with E-state index >= 15 is 0 Å². The first-order valence-corrected chi connectivity index (χ1v) is 11.5. The minimum absolute atomic E-state index is 0. The van der Waals surface area contributed by atoms with Gasteiger partial charge < -0.3 is 37.9 Å². The first-order valence-electron chi connectivity index (χ1n) is 8.37. The van der Waals surface area contributed by atoms with E-state index in [4.69, 9.17) is 37.9 Å². The van der Waals surface area contributed by atoms with Crippen molar-refractivity contribution in [3.8, 4) is 0 Å². The van der Waals surface area contributed by atoms with Crippen molar-refractivity contribution in [2.75, 3.05) is 108 Å². The van der Waals surface area contributed by atoms with Crippen molar-refractivity contribution >= 4 is 0 Å². The third-order valence-electron chi connectivity index (χ3n) is 2.47. The van der Waals surface area contributed by atoms with E-state index in [2.05, 4.69) is 20.3 Å². The van der Waals surface area contributed by atoms with Crippen LogP contribution in [0.2, 0.25) is 0 Å². The minimum atomic E-state index is 0. The molecule has 0 atom stereocenters. The third kappa shape index (κ3) is 50.7. The van der Waals surface area contributed by atoms with Gasteiger partial charge in [-0.1, -0.05) is 0 Å². The first kappa shape index (κ1) is 36.6. The normalized spacial score (nSPS) is 9.79. The quantitative estimate of drug-likeness (QED) is 0.224. The van der Waals surface area contributed by atoms with Gasteiger partial charge in [0.2, 0.25) is 0 Å². The van der Waals surface area contributed by atoms with Crippen LogP contribution in [-0.4, -0.2) is 108 Å². The molecule has 179 valence electrons. The Labute approximate surface area is 195 Å². The first-order chi connectivity index (χ1) is 13.2. The van der Waals surface area contributed by atoms with E-state index in [9.17, 15) is 0 Å². The van der Waals surface area contributed by atoms with Gasteiger partial charge in [-0.25, -0.2) is 0 Å². The summed E-state index contributed by atoms with van der Waals surface area (Å²) in [6.45, 7) is 7.54. The molecule has 0 N–H and O–H groups in total. The smallest absolute Gasteiger partial charge is 0 e. The van der Waals surface area contributed by atoms with Crippen LogP contribution in [0.15, 0.2) is 0 Å². The Morgan fingerprint density at radius 3 is 0.714 bits per heavy atom. The average molecular weight is 547 g/mol. The SMILES string of the molecule is COCCOCCOCCOC.COCCOCCOCCOC.[ClH+][Co+][ClH+].[Co]. The van der Waals surface area contributed by atoms with Gasteiger partial charge in [-0.2, -0.15) is 0 Å². The van der Waals surface area contributed by atoms with Gasteiger partial charge in [-0.3, -0.25) is 0 Å². The molecule has 0 fully saturated rings. The fourth-order valence-corrected chi connectivity index (χ4v) is 1.21. The predicted molar refractivity (Wildman–Crippen MR) is 93.6 cm³/mol. The summed E-state index contributed by atoms with van der Waals surface area (Å²) in [7, 11) is 15.0. The molecule has 0 rings (SSSR count). The van der Waals surface area contributed by atoms with Crippen LogP contribution in [0.1, 0.15) is 0 Å². The second kappa shape index (κ2) is 42.4. The molecule has 0 aromatic heterocycles. The van der Waals surface area contributed by atoms with Crippen molar-refractivity contribution in [2.45, 2.75) is 0 Å². The molecule has 0 spiro atoms. The van der Waals surface area contributed by atoms with Gasteiger partial charge in [0.1, 0.15) is 0 Å².